The maximum Gasteiger partial charge on any atom is 0.0227 e. The van der Waals surface area contributed by atoms with Crippen LogP contribution in [0.1, 0.15) is 51.0 Å². The van der Waals surface area contributed by atoms with Gasteiger partial charge in [-0.05, 0) is 43.7 Å². The molecule has 1 aromatic rings. The van der Waals surface area contributed by atoms with Crippen molar-refractivity contribution in [2.45, 2.75) is 57.5 Å². The first-order chi connectivity index (χ1) is 9.26. The molecule has 2 rings (SSSR count). The average molecular weight is 260 g/mol. The minimum atomic E-state index is 0.544. The number of hydrogen-bond acceptors (Lipinski definition) is 2. The van der Waals surface area contributed by atoms with Crippen molar-refractivity contribution >= 4 is 0 Å². The van der Waals surface area contributed by atoms with Crippen molar-refractivity contribution in [1.29, 1.82) is 0 Å². The molecule has 0 saturated carbocycles. The fourth-order valence-electron chi connectivity index (χ4n) is 3.47. The van der Waals surface area contributed by atoms with Gasteiger partial charge in [0.15, 0.2) is 0 Å². The molecule has 3 unspecified atom stereocenters. The Morgan fingerprint density at radius 3 is 2.68 bits per heavy atom. The fourth-order valence-corrected chi connectivity index (χ4v) is 3.47. The Bertz CT molecular complexity index is 363. The highest BCUT2D eigenvalue weighted by Gasteiger charge is 2.29. The maximum atomic E-state index is 6.05. The average Bonchev–Trinajstić information content (AvgIpc) is 2.93. The van der Waals surface area contributed by atoms with Gasteiger partial charge < -0.3 is 5.73 Å². The number of nitrogens with zero attached hydrogens (tertiary/aromatic N) is 1. The van der Waals surface area contributed by atoms with Gasteiger partial charge in [-0.3, -0.25) is 4.90 Å². The third kappa shape index (κ3) is 3.58. The van der Waals surface area contributed by atoms with Gasteiger partial charge >= 0.3 is 0 Å². The van der Waals surface area contributed by atoms with Crippen molar-refractivity contribution in [3.05, 3.63) is 35.9 Å². The number of likely N-dealkylation sites (tertiary alicyclic amines) is 1. The molecule has 1 aliphatic rings. The molecule has 19 heavy (non-hydrogen) atoms. The highest BCUT2D eigenvalue weighted by molar-refractivity contribution is 5.19. The van der Waals surface area contributed by atoms with Gasteiger partial charge in [-0.15, -0.1) is 0 Å². The van der Waals surface area contributed by atoms with E-state index in [-0.39, 0.29) is 0 Å². The molecule has 0 aromatic heterocycles. The van der Waals surface area contributed by atoms with Gasteiger partial charge in [0.05, 0.1) is 0 Å². The molecule has 106 valence electrons. The lowest BCUT2D eigenvalue weighted by Gasteiger charge is -2.33. The number of nitrogens with two attached hydrogens (primary N) is 1. The van der Waals surface area contributed by atoms with Crippen molar-refractivity contribution in [1.82, 2.24) is 4.90 Å². The zero-order valence-electron chi connectivity index (χ0n) is 12.4. The lowest BCUT2D eigenvalue weighted by Crippen LogP contribution is -2.44. The molecule has 3 atom stereocenters. The molecular formula is C17H28N2. The molecule has 2 N–H and O–H groups in total. The van der Waals surface area contributed by atoms with E-state index in [2.05, 4.69) is 49.1 Å². The van der Waals surface area contributed by atoms with Gasteiger partial charge in [0, 0.05) is 18.6 Å². The monoisotopic (exact) mass is 260 g/mol. The molecular weight excluding hydrogens is 232 g/mol. The van der Waals surface area contributed by atoms with Gasteiger partial charge in [0.2, 0.25) is 0 Å². The summed E-state index contributed by atoms with van der Waals surface area (Å²) < 4.78 is 0. The molecule has 1 aromatic carbocycles. The summed E-state index contributed by atoms with van der Waals surface area (Å²) in [5, 5.41) is 0. The van der Waals surface area contributed by atoms with Crippen LogP contribution in [0.5, 0.6) is 0 Å². The summed E-state index contributed by atoms with van der Waals surface area (Å²) >= 11 is 0. The minimum Gasteiger partial charge on any atom is -0.329 e. The molecule has 0 aliphatic carbocycles. The van der Waals surface area contributed by atoms with Crippen LogP contribution < -0.4 is 5.73 Å². The Kier molecular flexibility index (Phi) is 5.41. The highest BCUT2D eigenvalue weighted by Crippen LogP contribution is 2.28. The van der Waals surface area contributed by atoms with Gasteiger partial charge in [-0.2, -0.15) is 0 Å². The van der Waals surface area contributed by atoms with Crippen molar-refractivity contribution in [2.24, 2.45) is 5.73 Å². The predicted molar refractivity (Wildman–Crippen MR) is 82.3 cm³/mol. The summed E-state index contributed by atoms with van der Waals surface area (Å²) in [6.45, 7) is 6.65. The summed E-state index contributed by atoms with van der Waals surface area (Å²) in [5.74, 6) is 0.591. The van der Waals surface area contributed by atoms with Crippen LogP contribution in [-0.4, -0.2) is 30.1 Å². The normalized spacial score (nSPS) is 23.4. The zero-order valence-corrected chi connectivity index (χ0v) is 12.4. The smallest absolute Gasteiger partial charge is 0.0227 e. The van der Waals surface area contributed by atoms with Gasteiger partial charge in [0.25, 0.3) is 0 Å². The fraction of sp³-hybridized carbons (Fsp3) is 0.647. The molecule has 1 aliphatic heterocycles. The zero-order chi connectivity index (χ0) is 13.7. The van der Waals surface area contributed by atoms with E-state index < -0.39 is 0 Å². The third-order valence-corrected chi connectivity index (χ3v) is 4.63. The number of hydrogen-bond donors (Lipinski definition) is 1. The van der Waals surface area contributed by atoms with Crippen LogP contribution in [-0.2, 0) is 0 Å². The van der Waals surface area contributed by atoms with E-state index >= 15 is 0 Å². The molecule has 1 heterocycles. The second-order valence-electron chi connectivity index (χ2n) is 5.88. The van der Waals surface area contributed by atoms with E-state index in [0.29, 0.717) is 12.0 Å². The first-order valence-corrected chi connectivity index (χ1v) is 7.77. The summed E-state index contributed by atoms with van der Waals surface area (Å²) in [7, 11) is 0. The molecule has 1 fully saturated rings. The summed E-state index contributed by atoms with van der Waals surface area (Å²) in [5.41, 5.74) is 7.49. The number of benzene rings is 1. The van der Waals surface area contributed by atoms with Crippen molar-refractivity contribution in [3.8, 4) is 0 Å². The minimum absolute atomic E-state index is 0.544. The van der Waals surface area contributed by atoms with E-state index in [0.717, 1.165) is 12.6 Å². The van der Waals surface area contributed by atoms with Crippen LogP contribution in [0.25, 0.3) is 0 Å². The lowest BCUT2D eigenvalue weighted by atomic mass is 9.93. The van der Waals surface area contributed by atoms with E-state index in [1.165, 1.54) is 37.8 Å². The Labute approximate surface area is 118 Å². The molecule has 0 bridgehead atoms. The van der Waals surface area contributed by atoms with Crippen molar-refractivity contribution in [3.63, 3.8) is 0 Å². The second kappa shape index (κ2) is 7.06. The van der Waals surface area contributed by atoms with Crippen LogP contribution in [0.2, 0.25) is 0 Å². The van der Waals surface area contributed by atoms with E-state index in [4.69, 9.17) is 5.73 Å². The summed E-state index contributed by atoms with van der Waals surface area (Å²) in [4.78, 5) is 2.67. The first-order valence-electron chi connectivity index (χ1n) is 7.77. The van der Waals surface area contributed by atoms with Crippen LogP contribution >= 0.6 is 0 Å². The molecule has 2 nitrogen and oxygen atoms in total. The Morgan fingerprint density at radius 2 is 2.05 bits per heavy atom. The predicted octanol–water partition coefficient (Wildman–Crippen LogP) is 3.38. The quantitative estimate of drug-likeness (QED) is 0.849. The highest BCUT2D eigenvalue weighted by atomic mass is 15.2. The third-order valence-electron chi connectivity index (χ3n) is 4.63. The topological polar surface area (TPSA) is 29.3 Å². The van der Waals surface area contributed by atoms with E-state index in [1.54, 1.807) is 0 Å². The van der Waals surface area contributed by atoms with Crippen molar-refractivity contribution < 1.29 is 0 Å². The molecule has 0 radical (unpaired) electrons. The van der Waals surface area contributed by atoms with Crippen LogP contribution in [0.15, 0.2) is 30.3 Å². The van der Waals surface area contributed by atoms with Gasteiger partial charge in [-0.25, -0.2) is 0 Å². The Morgan fingerprint density at radius 1 is 1.32 bits per heavy atom. The number of rotatable bonds is 6. The molecule has 0 spiro atoms. The van der Waals surface area contributed by atoms with Gasteiger partial charge in [0.1, 0.15) is 0 Å². The summed E-state index contributed by atoms with van der Waals surface area (Å²) in [6, 6.07) is 12.1. The van der Waals surface area contributed by atoms with Crippen molar-refractivity contribution in [2.75, 3.05) is 13.1 Å². The van der Waals surface area contributed by atoms with Crippen LogP contribution in [0, 0.1) is 0 Å². The lowest BCUT2D eigenvalue weighted by molar-refractivity contribution is 0.165. The summed E-state index contributed by atoms with van der Waals surface area (Å²) in [6.07, 6.45) is 5.13. The largest absolute Gasteiger partial charge is 0.329 e. The van der Waals surface area contributed by atoms with E-state index in [1.807, 2.05) is 0 Å². The van der Waals surface area contributed by atoms with E-state index in [9.17, 15) is 0 Å². The maximum absolute atomic E-state index is 6.05. The Hall–Kier alpha value is -0.860. The Balaban J connectivity index is 1.99. The second-order valence-corrected chi connectivity index (χ2v) is 5.88. The SMILES string of the molecule is CCC1CCCN1C(CN)CC(C)c1ccccc1. The first kappa shape index (κ1) is 14.5. The molecule has 1 saturated heterocycles. The molecule has 0 amide bonds. The van der Waals surface area contributed by atoms with Crippen LogP contribution in [0.4, 0.5) is 0 Å². The molecule has 2 heteroatoms. The van der Waals surface area contributed by atoms with Crippen LogP contribution in [0.3, 0.4) is 0 Å². The standard InChI is InChI=1S/C17H28N2/c1-3-16-10-7-11-19(16)17(13-18)12-14(2)15-8-5-4-6-9-15/h4-6,8-9,14,16-17H,3,7,10-13,18H2,1-2H3. The van der Waals surface area contributed by atoms with Gasteiger partial charge in [-0.1, -0.05) is 44.2 Å².